The van der Waals surface area contributed by atoms with Gasteiger partial charge in [0, 0.05) is 11.4 Å². The van der Waals surface area contributed by atoms with Crippen LogP contribution < -0.4 is 15.6 Å². The van der Waals surface area contributed by atoms with Crippen LogP contribution in [0.1, 0.15) is 37.1 Å². The Hall–Kier alpha value is -2.32. The highest BCUT2D eigenvalue weighted by Crippen LogP contribution is 2.36. The van der Waals surface area contributed by atoms with Crippen molar-refractivity contribution in [3.8, 4) is 11.4 Å². The average molecular weight is 444 g/mol. The summed E-state index contributed by atoms with van der Waals surface area (Å²) >= 11 is 2.92. The Morgan fingerprint density at radius 3 is 2.80 bits per heavy atom. The molecule has 1 aromatic carbocycles. The van der Waals surface area contributed by atoms with Crippen LogP contribution in [0, 0.1) is 0 Å². The second-order valence-electron chi connectivity index (χ2n) is 7.14. The van der Waals surface area contributed by atoms with E-state index in [1.165, 1.54) is 16.6 Å². The van der Waals surface area contributed by atoms with Gasteiger partial charge in [-0.1, -0.05) is 18.7 Å². The smallest absolute Gasteiger partial charge is 0.267 e. The molecule has 0 atom stereocenters. The summed E-state index contributed by atoms with van der Waals surface area (Å²) < 4.78 is 7.17. The number of aryl methyl sites for hydroxylation is 2. The molecule has 0 saturated carbocycles. The van der Waals surface area contributed by atoms with Gasteiger partial charge < -0.3 is 10.1 Å². The Morgan fingerprint density at radius 2 is 2.07 bits per heavy atom. The minimum Gasteiger partial charge on any atom is -0.494 e. The summed E-state index contributed by atoms with van der Waals surface area (Å²) in [5.41, 5.74) is 1.83. The summed E-state index contributed by atoms with van der Waals surface area (Å²) in [6.45, 7) is 5.19. The molecule has 30 heavy (non-hydrogen) atoms. The van der Waals surface area contributed by atoms with Gasteiger partial charge in [-0.25, -0.2) is 4.98 Å². The van der Waals surface area contributed by atoms with E-state index in [1.54, 1.807) is 15.9 Å². The number of rotatable bonds is 8. The van der Waals surface area contributed by atoms with Crippen LogP contribution in [0.5, 0.6) is 5.75 Å². The predicted octanol–water partition coefficient (Wildman–Crippen LogP) is 3.95. The van der Waals surface area contributed by atoms with Crippen LogP contribution in [-0.2, 0) is 17.6 Å². The first kappa shape index (κ1) is 20.9. The molecule has 8 heteroatoms. The summed E-state index contributed by atoms with van der Waals surface area (Å²) in [6, 6.07) is 7.45. The number of ether oxygens (including phenoxy) is 1. The lowest BCUT2D eigenvalue weighted by Gasteiger charge is -2.13. The number of nitrogens with one attached hydrogen (secondary N) is 1. The third-order valence-corrected chi connectivity index (χ3v) is 7.14. The molecular weight excluding hydrogens is 418 g/mol. The number of aromatic nitrogens is 2. The molecule has 1 aliphatic rings. The number of thiophene rings is 1. The van der Waals surface area contributed by atoms with Crippen LogP contribution in [0.15, 0.2) is 34.2 Å². The number of benzene rings is 1. The van der Waals surface area contributed by atoms with Gasteiger partial charge in [-0.05, 0) is 62.4 Å². The topological polar surface area (TPSA) is 73.2 Å². The van der Waals surface area contributed by atoms with Crippen molar-refractivity contribution in [1.82, 2.24) is 14.9 Å². The molecular formula is C22H25N3O3S2. The highest BCUT2D eigenvalue weighted by molar-refractivity contribution is 7.99. The summed E-state index contributed by atoms with van der Waals surface area (Å²) in [7, 11) is 0. The molecule has 0 unspecified atom stereocenters. The van der Waals surface area contributed by atoms with Gasteiger partial charge in [-0.3, -0.25) is 14.2 Å². The molecule has 1 aliphatic carbocycles. The summed E-state index contributed by atoms with van der Waals surface area (Å²) in [4.78, 5) is 32.6. The number of amides is 1. The Labute approximate surface area is 183 Å². The van der Waals surface area contributed by atoms with Crippen molar-refractivity contribution in [1.29, 1.82) is 0 Å². The van der Waals surface area contributed by atoms with Gasteiger partial charge in [0.05, 0.1) is 23.4 Å². The first-order valence-electron chi connectivity index (χ1n) is 10.3. The van der Waals surface area contributed by atoms with Gasteiger partial charge in [0.25, 0.3) is 5.56 Å². The van der Waals surface area contributed by atoms with Crippen LogP contribution in [0.3, 0.4) is 0 Å². The summed E-state index contributed by atoms with van der Waals surface area (Å²) in [5, 5.41) is 4.16. The Morgan fingerprint density at radius 1 is 1.27 bits per heavy atom. The highest BCUT2D eigenvalue weighted by Gasteiger charge is 2.24. The van der Waals surface area contributed by atoms with E-state index in [4.69, 9.17) is 9.72 Å². The number of hydrogen-bond donors (Lipinski definition) is 1. The van der Waals surface area contributed by atoms with Crippen LogP contribution in [0.4, 0.5) is 0 Å². The van der Waals surface area contributed by atoms with Crippen molar-refractivity contribution >= 4 is 39.2 Å². The molecule has 1 N–H and O–H groups in total. The van der Waals surface area contributed by atoms with Crippen molar-refractivity contribution in [2.24, 2.45) is 0 Å². The molecule has 2 aromatic heterocycles. The molecule has 4 rings (SSSR count). The lowest BCUT2D eigenvalue weighted by Crippen LogP contribution is -2.27. The SMILES string of the molecule is CCCNC(=O)CSc1nc2sc3c(c2c(=O)n1-c1ccc(OCC)cc1)CCC3. The van der Waals surface area contributed by atoms with E-state index >= 15 is 0 Å². The molecule has 3 aromatic rings. The quantitative estimate of drug-likeness (QED) is 0.422. The summed E-state index contributed by atoms with van der Waals surface area (Å²) in [5.74, 6) is 0.927. The zero-order valence-electron chi connectivity index (χ0n) is 17.2. The van der Waals surface area contributed by atoms with Crippen LogP contribution in [0.2, 0.25) is 0 Å². The lowest BCUT2D eigenvalue weighted by atomic mass is 10.2. The Bertz CT molecular complexity index is 1120. The minimum atomic E-state index is -0.0555. The molecule has 0 saturated heterocycles. The standard InChI is InChI=1S/C22H25N3O3S2/c1-3-12-23-18(26)13-29-22-24-20-19(16-6-5-7-17(16)30-20)21(27)25(22)14-8-10-15(11-9-14)28-4-2/h8-11H,3-7,12-13H2,1-2H3,(H,23,26). The van der Waals surface area contributed by atoms with Crippen LogP contribution >= 0.6 is 23.1 Å². The Balaban J connectivity index is 1.77. The molecule has 0 fully saturated rings. The fraction of sp³-hybridized carbons (Fsp3) is 0.409. The van der Waals surface area contributed by atoms with Gasteiger partial charge in [-0.2, -0.15) is 0 Å². The molecule has 1 amide bonds. The first-order chi connectivity index (χ1) is 14.6. The maximum Gasteiger partial charge on any atom is 0.267 e. The minimum absolute atomic E-state index is 0.0527. The number of nitrogens with zero attached hydrogens (tertiary/aromatic N) is 2. The second kappa shape index (κ2) is 9.22. The van der Waals surface area contributed by atoms with Crippen LogP contribution in [-0.4, -0.2) is 34.4 Å². The second-order valence-corrected chi connectivity index (χ2v) is 9.16. The van der Waals surface area contributed by atoms with Gasteiger partial charge in [0.2, 0.25) is 5.91 Å². The van der Waals surface area contributed by atoms with E-state index in [0.717, 1.165) is 52.9 Å². The number of thioether (sulfide) groups is 1. The average Bonchev–Trinajstić information content (AvgIpc) is 3.32. The predicted molar refractivity (Wildman–Crippen MR) is 122 cm³/mol. The van der Waals surface area contributed by atoms with Crippen molar-refractivity contribution in [3.63, 3.8) is 0 Å². The van der Waals surface area contributed by atoms with E-state index < -0.39 is 0 Å². The normalized spacial score (nSPS) is 12.9. The van der Waals surface area contributed by atoms with Crippen LogP contribution in [0.25, 0.3) is 15.9 Å². The number of carbonyl (C=O) groups excluding carboxylic acids is 1. The number of carbonyl (C=O) groups is 1. The molecule has 158 valence electrons. The maximum absolute atomic E-state index is 13.6. The van der Waals surface area contributed by atoms with E-state index in [0.29, 0.717) is 18.3 Å². The highest BCUT2D eigenvalue weighted by atomic mass is 32.2. The van der Waals surface area contributed by atoms with Gasteiger partial charge in [-0.15, -0.1) is 11.3 Å². The third kappa shape index (κ3) is 4.11. The fourth-order valence-electron chi connectivity index (χ4n) is 3.65. The molecule has 0 radical (unpaired) electrons. The monoisotopic (exact) mass is 443 g/mol. The third-order valence-electron chi connectivity index (χ3n) is 5.02. The van der Waals surface area contributed by atoms with E-state index in [1.807, 2.05) is 38.1 Å². The van der Waals surface area contributed by atoms with Crippen molar-refractivity contribution in [2.45, 2.75) is 44.7 Å². The molecule has 0 spiro atoms. The van der Waals surface area contributed by atoms with Crippen molar-refractivity contribution < 1.29 is 9.53 Å². The van der Waals surface area contributed by atoms with Crippen molar-refractivity contribution in [3.05, 3.63) is 45.1 Å². The number of fused-ring (bicyclic) bond motifs is 3. The zero-order valence-corrected chi connectivity index (χ0v) is 18.8. The van der Waals surface area contributed by atoms with E-state index in [-0.39, 0.29) is 17.2 Å². The fourth-order valence-corrected chi connectivity index (χ4v) is 5.80. The van der Waals surface area contributed by atoms with Gasteiger partial charge in [0.1, 0.15) is 10.6 Å². The van der Waals surface area contributed by atoms with E-state index in [9.17, 15) is 9.59 Å². The van der Waals surface area contributed by atoms with Gasteiger partial charge in [0.15, 0.2) is 5.16 Å². The zero-order chi connectivity index (χ0) is 21.1. The Kier molecular flexibility index (Phi) is 6.43. The maximum atomic E-state index is 13.6. The largest absolute Gasteiger partial charge is 0.494 e. The van der Waals surface area contributed by atoms with Gasteiger partial charge >= 0.3 is 0 Å². The molecule has 6 nitrogen and oxygen atoms in total. The molecule has 0 bridgehead atoms. The first-order valence-corrected chi connectivity index (χ1v) is 12.1. The number of hydrogen-bond acceptors (Lipinski definition) is 6. The van der Waals surface area contributed by atoms with E-state index in [2.05, 4.69) is 5.32 Å². The molecule has 0 aliphatic heterocycles. The summed E-state index contributed by atoms with van der Waals surface area (Å²) in [6.07, 6.45) is 3.92. The lowest BCUT2D eigenvalue weighted by molar-refractivity contribution is -0.118. The van der Waals surface area contributed by atoms with Crippen molar-refractivity contribution in [2.75, 3.05) is 18.9 Å². The molecule has 2 heterocycles.